The van der Waals surface area contributed by atoms with Crippen LogP contribution in [-0.2, 0) is 6.18 Å². The lowest BCUT2D eigenvalue weighted by Gasteiger charge is -2.33. The van der Waals surface area contributed by atoms with Crippen LogP contribution in [-0.4, -0.2) is 55.9 Å². The molecule has 0 aromatic carbocycles. The van der Waals surface area contributed by atoms with Crippen molar-refractivity contribution in [2.24, 2.45) is 0 Å². The third kappa shape index (κ3) is 3.27. The molecule has 0 unspecified atom stereocenters. The predicted octanol–water partition coefficient (Wildman–Crippen LogP) is 1.68. The smallest absolute Gasteiger partial charge is 0.343 e. The van der Waals surface area contributed by atoms with Gasteiger partial charge in [0.2, 0.25) is 10.1 Å². The first-order chi connectivity index (χ1) is 10.9. The SMILES string of the molecule is Cc1nsnc1C(=O)N1CCN(c2nnc(C(F)(F)F)s2)CC1. The highest BCUT2D eigenvalue weighted by Crippen LogP contribution is 2.34. The topological polar surface area (TPSA) is 75.1 Å². The van der Waals surface area contributed by atoms with Gasteiger partial charge in [-0.15, -0.1) is 10.2 Å². The van der Waals surface area contributed by atoms with Gasteiger partial charge in [0.15, 0.2) is 5.69 Å². The number of carbonyl (C=O) groups excluding carboxylic acids is 1. The molecule has 7 nitrogen and oxygen atoms in total. The van der Waals surface area contributed by atoms with Crippen LogP contribution in [0.25, 0.3) is 0 Å². The first-order valence-corrected chi connectivity index (χ1v) is 8.15. The number of rotatable bonds is 2. The normalized spacial score (nSPS) is 16.0. The van der Waals surface area contributed by atoms with Gasteiger partial charge in [0.1, 0.15) is 0 Å². The Labute approximate surface area is 137 Å². The van der Waals surface area contributed by atoms with Crippen molar-refractivity contribution in [3.8, 4) is 0 Å². The molecule has 3 rings (SSSR count). The molecule has 2 aromatic heterocycles. The van der Waals surface area contributed by atoms with E-state index < -0.39 is 11.2 Å². The Balaban J connectivity index is 1.63. The molecule has 0 radical (unpaired) electrons. The van der Waals surface area contributed by atoms with Crippen LogP contribution in [0.15, 0.2) is 0 Å². The van der Waals surface area contributed by atoms with E-state index in [1.807, 2.05) is 0 Å². The largest absolute Gasteiger partial charge is 0.445 e. The van der Waals surface area contributed by atoms with Gasteiger partial charge in [0, 0.05) is 26.2 Å². The quantitative estimate of drug-likeness (QED) is 0.807. The minimum absolute atomic E-state index is 0.204. The maximum absolute atomic E-state index is 12.6. The molecule has 0 spiro atoms. The van der Waals surface area contributed by atoms with Crippen LogP contribution < -0.4 is 4.90 Å². The standard InChI is InChI=1S/C11H11F3N6OS2/c1-6-7(18-23-17-6)8(21)19-2-4-20(5-3-19)10-16-15-9(22-10)11(12,13)14/h2-5H2,1H3. The summed E-state index contributed by atoms with van der Waals surface area (Å²) in [5.74, 6) is -0.204. The number of aryl methyl sites for hydroxylation is 1. The van der Waals surface area contributed by atoms with Crippen molar-refractivity contribution in [2.75, 3.05) is 31.1 Å². The van der Waals surface area contributed by atoms with E-state index in [4.69, 9.17) is 0 Å². The Morgan fingerprint density at radius 3 is 2.35 bits per heavy atom. The first-order valence-electron chi connectivity index (χ1n) is 6.60. The lowest BCUT2D eigenvalue weighted by Crippen LogP contribution is -2.49. The molecule has 0 bridgehead atoms. The second kappa shape index (κ2) is 6.00. The van der Waals surface area contributed by atoms with E-state index in [1.165, 1.54) is 0 Å². The summed E-state index contributed by atoms with van der Waals surface area (Å²) in [6, 6.07) is 0. The number of nitrogens with zero attached hydrogens (tertiary/aromatic N) is 6. The van der Waals surface area contributed by atoms with Gasteiger partial charge in [-0.1, -0.05) is 11.3 Å². The van der Waals surface area contributed by atoms with Crippen LogP contribution in [0.1, 0.15) is 21.2 Å². The van der Waals surface area contributed by atoms with E-state index in [0.717, 1.165) is 11.7 Å². The molecule has 124 valence electrons. The number of alkyl halides is 3. The van der Waals surface area contributed by atoms with Crippen molar-refractivity contribution in [1.82, 2.24) is 23.8 Å². The van der Waals surface area contributed by atoms with Gasteiger partial charge >= 0.3 is 6.18 Å². The molecule has 1 saturated heterocycles. The van der Waals surface area contributed by atoms with E-state index in [1.54, 1.807) is 16.7 Å². The number of anilines is 1. The summed E-state index contributed by atoms with van der Waals surface area (Å²) in [5.41, 5.74) is 0.917. The molecule has 3 heterocycles. The van der Waals surface area contributed by atoms with E-state index in [2.05, 4.69) is 18.9 Å². The lowest BCUT2D eigenvalue weighted by atomic mass is 10.2. The summed E-state index contributed by atoms with van der Waals surface area (Å²) in [6.07, 6.45) is -4.48. The number of halogens is 3. The fourth-order valence-corrected chi connectivity index (χ4v) is 3.44. The second-order valence-electron chi connectivity index (χ2n) is 4.87. The molecule has 1 fully saturated rings. The predicted molar refractivity (Wildman–Crippen MR) is 77.7 cm³/mol. The Kier molecular flexibility index (Phi) is 4.19. The van der Waals surface area contributed by atoms with Crippen LogP contribution in [0.4, 0.5) is 18.3 Å². The number of aromatic nitrogens is 4. The van der Waals surface area contributed by atoms with E-state index in [0.29, 0.717) is 48.9 Å². The summed E-state index contributed by atoms with van der Waals surface area (Å²) in [6.45, 7) is 3.28. The average Bonchev–Trinajstić information content (AvgIpc) is 3.15. The third-order valence-electron chi connectivity index (χ3n) is 3.35. The van der Waals surface area contributed by atoms with Crippen LogP contribution in [0.2, 0.25) is 0 Å². The molecule has 0 aliphatic carbocycles. The molecule has 0 saturated carbocycles. The van der Waals surface area contributed by atoms with Crippen LogP contribution in [0.3, 0.4) is 0 Å². The molecule has 0 atom stereocenters. The fraction of sp³-hybridized carbons (Fsp3) is 0.545. The van der Waals surface area contributed by atoms with E-state index in [9.17, 15) is 18.0 Å². The van der Waals surface area contributed by atoms with Gasteiger partial charge < -0.3 is 9.80 Å². The molecule has 1 aliphatic rings. The Morgan fingerprint density at radius 2 is 1.83 bits per heavy atom. The molecule has 23 heavy (non-hydrogen) atoms. The van der Waals surface area contributed by atoms with Crippen molar-refractivity contribution in [3.05, 3.63) is 16.4 Å². The molecule has 12 heteroatoms. The highest BCUT2D eigenvalue weighted by molar-refractivity contribution is 7.15. The molecular formula is C11H11F3N6OS2. The number of carbonyl (C=O) groups is 1. The van der Waals surface area contributed by atoms with Crippen molar-refractivity contribution >= 4 is 34.1 Å². The average molecular weight is 364 g/mol. The fourth-order valence-electron chi connectivity index (χ4n) is 2.13. The maximum Gasteiger partial charge on any atom is 0.445 e. The number of amides is 1. The summed E-state index contributed by atoms with van der Waals surface area (Å²) in [4.78, 5) is 15.6. The molecular weight excluding hydrogens is 353 g/mol. The lowest BCUT2D eigenvalue weighted by molar-refractivity contribution is -0.138. The minimum Gasteiger partial charge on any atom is -0.343 e. The van der Waals surface area contributed by atoms with Gasteiger partial charge in [-0.25, -0.2) is 0 Å². The zero-order valence-corrected chi connectivity index (χ0v) is 13.5. The van der Waals surface area contributed by atoms with Gasteiger partial charge in [0.05, 0.1) is 17.4 Å². The molecule has 1 amide bonds. The van der Waals surface area contributed by atoms with Gasteiger partial charge in [-0.3, -0.25) is 4.79 Å². The van der Waals surface area contributed by atoms with Crippen LogP contribution in [0, 0.1) is 6.92 Å². The zero-order valence-electron chi connectivity index (χ0n) is 11.9. The minimum atomic E-state index is -4.48. The molecule has 2 aromatic rings. The summed E-state index contributed by atoms with van der Waals surface area (Å²) < 4.78 is 45.6. The third-order valence-corrected chi connectivity index (χ3v) is 5.00. The van der Waals surface area contributed by atoms with Crippen LogP contribution in [0.5, 0.6) is 0 Å². The first kappa shape index (κ1) is 16.1. The van der Waals surface area contributed by atoms with Crippen molar-refractivity contribution in [3.63, 3.8) is 0 Å². The highest BCUT2D eigenvalue weighted by atomic mass is 32.1. The summed E-state index contributed by atoms with van der Waals surface area (Å²) in [5, 5.41) is 6.02. The number of hydrogen-bond donors (Lipinski definition) is 0. The Hall–Kier alpha value is -1.82. The van der Waals surface area contributed by atoms with Gasteiger partial charge in [0.25, 0.3) is 5.91 Å². The van der Waals surface area contributed by atoms with E-state index >= 15 is 0 Å². The van der Waals surface area contributed by atoms with Crippen molar-refractivity contribution < 1.29 is 18.0 Å². The zero-order chi connectivity index (χ0) is 16.6. The van der Waals surface area contributed by atoms with Crippen molar-refractivity contribution in [1.29, 1.82) is 0 Å². The number of piperazine rings is 1. The molecule has 0 N–H and O–H groups in total. The van der Waals surface area contributed by atoms with Crippen LogP contribution >= 0.6 is 23.1 Å². The number of hydrogen-bond acceptors (Lipinski definition) is 8. The molecule has 1 aliphatic heterocycles. The van der Waals surface area contributed by atoms with Gasteiger partial charge in [-0.05, 0) is 6.92 Å². The second-order valence-corrected chi connectivity index (χ2v) is 6.35. The monoisotopic (exact) mass is 364 g/mol. The highest BCUT2D eigenvalue weighted by Gasteiger charge is 2.36. The Morgan fingerprint density at radius 1 is 1.13 bits per heavy atom. The Bertz CT molecular complexity index is 707. The summed E-state index contributed by atoms with van der Waals surface area (Å²) in [7, 11) is 0. The summed E-state index contributed by atoms with van der Waals surface area (Å²) >= 11 is 1.49. The maximum atomic E-state index is 12.6. The van der Waals surface area contributed by atoms with Gasteiger partial charge in [-0.2, -0.15) is 21.9 Å². The van der Waals surface area contributed by atoms with E-state index in [-0.39, 0.29) is 11.0 Å². The van der Waals surface area contributed by atoms with Crippen molar-refractivity contribution in [2.45, 2.75) is 13.1 Å².